The highest BCUT2D eigenvalue weighted by molar-refractivity contribution is 5.89. The van der Waals surface area contributed by atoms with Crippen LogP contribution in [0.25, 0.3) is 0 Å². The SMILES string of the molecule is CN(C(=O)Nc1ccc(F)cc1F)C1(CN)CCCCC1. The normalized spacial score (nSPS) is 17.3. The van der Waals surface area contributed by atoms with Gasteiger partial charge >= 0.3 is 6.03 Å². The van der Waals surface area contributed by atoms with Crippen molar-refractivity contribution in [2.45, 2.75) is 37.6 Å². The van der Waals surface area contributed by atoms with Crippen molar-refractivity contribution in [2.75, 3.05) is 18.9 Å². The lowest BCUT2D eigenvalue weighted by atomic mass is 9.80. The van der Waals surface area contributed by atoms with Crippen molar-refractivity contribution in [3.8, 4) is 0 Å². The molecule has 21 heavy (non-hydrogen) atoms. The van der Waals surface area contributed by atoms with Crippen LogP contribution in [-0.2, 0) is 0 Å². The fourth-order valence-corrected chi connectivity index (χ4v) is 2.89. The molecule has 0 heterocycles. The van der Waals surface area contributed by atoms with E-state index in [2.05, 4.69) is 5.32 Å². The number of amides is 2. The standard InChI is InChI=1S/C15H21F2N3O/c1-20(15(10-18)7-3-2-4-8-15)14(21)19-13-6-5-11(16)9-12(13)17/h5-6,9H,2-4,7-8,10,18H2,1H3,(H,19,21). The van der Waals surface area contributed by atoms with Crippen molar-refractivity contribution in [3.05, 3.63) is 29.8 Å². The van der Waals surface area contributed by atoms with Gasteiger partial charge in [-0.1, -0.05) is 19.3 Å². The maximum Gasteiger partial charge on any atom is 0.322 e. The molecule has 1 aromatic carbocycles. The summed E-state index contributed by atoms with van der Waals surface area (Å²) in [5.41, 5.74) is 5.47. The van der Waals surface area contributed by atoms with Gasteiger partial charge in [-0.2, -0.15) is 0 Å². The summed E-state index contributed by atoms with van der Waals surface area (Å²) in [7, 11) is 1.68. The molecule has 2 amide bonds. The zero-order chi connectivity index (χ0) is 15.5. The molecule has 0 aliphatic heterocycles. The van der Waals surface area contributed by atoms with Crippen molar-refractivity contribution < 1.29 is 13.6 Å². The topological polar surface area (TPSA) is 58.4 Å². The molecule has 6 heteroatoms. The molecule has 0 aromatic heterocycles. The highest BCUT2D eigenvalue weighted by Crippen LogP contribution is 2.32. The Hall–Kier alpha value is -1.69. The predicted octanol–water partition coefficient (Wildman–Crippen LogP) is 3.09. The van der Waals surface area contributed by atoms with Gasteiger partial charge in [0.15, 0.2) is 0 Å². The molecule has 1 aliphatic rings. The van der Waals surface area contributed by atoms with Crippen LogP contribution >= 0.6 is 0 Å². The first-order valence-corrected chi connectivity index (χ1v) is 7.18. The largest absolute Gasteiger partial charge is 0.328 e. The molecule has 2 rings (SSSR count). The molecule has 4 nitrogen and oxygen atoms in total. The Bertz CT molecular complexity index is 516. The second-order valence-corrected chi connectivity index (χ2v) is 5.60. The highest BCUT2D eigenvalue weighted by atomic mass is 19.1. The van der Waals surface area contributed by atoms with E-state index >= 15 is 0 Å². The number of carbonyl (C=O) groups is 1. The van der Waals surface area contributed by atoms with Crippen molar-refractivity contribution in [2.24, 2.45) is 5.73 Å². The van der Waals surface area contributed by atoms with E-state index in [4.69, 9.17) is 5.73 Å². The van der Waals surface area contributed by atoms with E-state index in [1.165, 1.54) is 6.07 Å². The zero-order valence-electron chi connectivity index (χ0n) is 12.2. The molecule has 1 saturated carbocycles. The fourth-order valence-electron chi connectivity index (χ4n) is 2.89. The molecular formula is C15H21F2N3O. The second kappa shape index (κ2) is 6.39. The molecule has 0 spiro atoms. The second-order valence-electron chi connectivity index (χ2n) is 5.60. The van der Waals surface area contributed by atoms with Crippen LogP contribution in [0.1, 0.15) is 32.1 Å². The first kappa shape index (κ1) is 15.7. The monoisotopic (exact) mass is 297 g/mol. The van der Waals surface area contributed by atoms with E-state index in [0.29, 0.717) is 6.54 Å². The first-order valence-electron chi connectivity index (χ1n) is 7.18. The van der Waals surface area contributed by atoms with Crippen molar-refractivity contribution in [1.82, 2.24) is 4.90 Å². The zero-order valence-corrected chi connectivity index (χ0v) is 12.2. The van der Waals surface area contributed by atoms with Crippen molar-refractivity contribution >= 4 is 11.7 Å². The average Bonchev–Trinajstić information content (AvgIpc) is 2.50. The first-order chi connectivity index (χ1) is 9.98. The van der Waals surface area contributed by atoms with Gasteiger partial charge in [0.25, 0.3) is 0 Å². The number of hydrogen-bond acceptors (Lipinski definition) is 2. The number of nitrogens with zero attached hydrogens (tertiary/aromatic N) is 1. The van der Waals surface area contributed by atoms with Crippen LogP contribution < -0.4 is 11.1 Å². The number of anilines is 1. The van der Waals surface area contributed by atoms with Gasteiger partial charge in [-0.15, -0.1) is 0 Å². The summed E-state index contributed by atoms with van der Waals surface area (Å²) in [6, 6.07) is 2.65. The Balaban J connectivity index is 2.11. The van der Waals surface area contributed by atoms with Gasteiger partial charge in [0.1, 0.15) is 11.6 Å². The third kappa shape index (κ3) is 3.32. The number of halogens is 2. The number of carbonyl (C=O) groups excluding carboxylic acids is 1. The maximum atomic E-state index is 13.6. The Morgan fingerprint density at radius 3 is 2.57 bits per heavy atom. The molecule has 0 radical (unpaired) electrons. The van der Waals surface area contributed by atoms with E-state index < -0.39 is 17.7 Å². The van der Waals surface area contributed by atoms with Crippen molar-refractivity contribution in [1.29, 1.82) is 0 Å². The Labute approximate surface area is 123 Å². The minimum absolute atomic E-state index is 0.0313. The number of rotatable bonds is 3. The van der Waals surface area contributed by atoms with Gasteiger partial charge in [-0.05, 0) is 25.0 Å². The van der Waals surface area contributed by atoms with Crippen LogP contribution in [0.15, 0.2) is 18.2 Å². The van der Waals surface area contributed by atoms with Gasteiger partial charge in [-0.3, -0.25) is 0 Å². The maximum absolute atomic E-state index is 13.6. The lowest BCUT2D eigenvalue weighted by Gasteiger charge is -2.43. The number of urea groups is 1. The summed E-state index contributed by atoms with van der Waals surface area (Å²) in [4.78, 5) is 13.9. The fraction of sp³-hybridized carbons (Fsp3) is 0.533. The third-order valence-corrected chi connectivity index (χ3v) is 4.35. The molecule has 0 bridgehead atoms. The predicted molar refractivity (Wildman–Crippen MR) is 78.0 cm³/mol. The number of nitrogens with one attached hydrogen (secondary N) is 1. The molecule has 1 fully saturated rings. The van der Waals surface area contributed by atoms with Crippen molar-refractivity contribution in [3.63, 3.8) is 0 Å². The van der Waals surface area contributed by atoms with Gasteiger partial charge in [0, 0.05) is 19.7 Å². The molecule has 3 N–H and O–H groups in total. The van der Waals surface area contributed by atoms with Gasteiger partial charge in [0.05, 0.1) is 11.2 Å². The molecule has 116 valence electrons. The molecule has 0 saturated heterocycles. The summed E-state index contributed by atoms with van der Waals surface area (Å²) in [6.07, 6.45) is 4.89. The van der Waals surface area contributed by atoms with Crippen LogP contribution in [0, 0.1) is 11.6 Å². The summed E-state index contributed by atoms with van der Waals surface area (Å²) in [5.74, 6) is -1.47. The number of benzene rings is 1. The Kier molecular flexibility index (Phi) is 4.77. The molecule has 0 unspecified atom stereocenters. The van der Waals surface area contributed by atoms with Crippen LogP contribution in [0.2, 0.25) is 0 Å². The number of hydrogen-bond donors (Lipinski definition) is 2. The smallest absolute Gasteiger partial charge is 0.322 e. The quantitative estimate of drug-likeness (QED) is 0.900. The minimum atomic E-state index is -0.790. The van der Waals surface area contributed by atoms with E-state index in [9.17, 15) is 13.6 Å². The van der Waals surface area contributed by atoms with Gasteiger partial charge in [-0.25, -0.2) is 13.6 Å². The van der Waals surface area contributed by atoms with Gasteiger partial charge < -0.3 is 16.0 Å². The Morgan fingerprint density at radius 2 is 2.00 bits per heavy atom. The van der Waals surface area contributed by atoms with Crippen LogP contribution in [0.5, 0.6) is 0 Å². The molecule has 1 aromatic rings. The molecule has 1 aliphatic carbocycles. The lowest BCUT2D eigenvalue weighted by molar-refractivity contribution is 0.112. The Morgan fingerprint density at radius 1 is 1.33 bits per heavy atom. The lowest BCUT2D eigenvalue weighted by Crippen LogP contribution is -2.56. The van der Waals surface area contributed by atoms with Crippen LogP contribution in [0.4, 0.5) is 19.3 Å². The van der Waals surface area contributed by atoms with Gasteiger partial charge in [0.2, 0.25) is 0 Å². The highest BCUT2D eigenvalue weighted by Gasteiger charge is 2.37. The van der Waals surface area contributed by atoms with Crippen LogP contribution in [-0.4, -0.2) is 30.1 Å². The summed E-state index contributed by atoms with van der Waals surface area (Å²) in [5, 5.41) is 2.48. The van der Waals surface area contributed by atoms with E-state index in [1.807, 2.05) is 0 Å². The van der Waals surface area contributed by atoms with E-state index in [0.717, 1.165) is 44.2 Å². The summed E-state index contributed by atoms with van der Waals surface area (Å²) < 4.78 is 26.5. The molecule has 0 atom stereocenters. The average molecular weight is 297 g/mol. The number of likely N-dealkylation sites (N-methyl/N-ethyl adjacent to an activating group) is 1. The molecular weight excluding hydrogens is 276 g/mol. The summed E-state index contributed by atoms with van der Waals surface area (Å²) >= 11 is 0. The number of nitrogens with two attached hydrogens (primary N) is 1. The van der Waals surface area contributed by atoms with Crippen LogP contribution in [0.3, 0.4) is 0 Å². The van der Waals surface area contributed by atoms with E-state index in [1.54, 1.807) is 11.9 Å². The summed E-state index contributed by atoms with van der Waals surface area (Å²) in [6.45, 7) is 0.378. The van der Waals surface area contributed by atoms with E-state index in [-0.39, 0.29) is 11.2 Å². The third-order valence-electron chi connectivity index (χ3n) is 4.35. The minimum Gasteiger partial charge on any atom is -0.328 e.